The number of para-hydroxylation sites is 3. The molecular formula is C22H25N3O2. The maximum atomic E-state index is 13.0. The molecule has 2 heterocycles. The minimum atomic E-state index is -0.142. The van der Waals surface area contributed by atoms with Crippen LogP contribution < -0.4 is 14.7 Å². The van der Waals surface area contributed by atoms with Crippen molar-refractivity contribution in [2.45, 2.75) is 20.3 Å². The van der Waals surface area contributed by atoms with Gasteiger partial charge in [0.1, 0.15) is 5.70 Å². The molecule has 5 heteroatoms. The Bertz CT molecular complexity index is 889. The van der Waals surface area contributed by atoms with E-state index in [0.29, 0.717) is 17.8 Å². The van der Waals surface area contributed by atoms with Crippen molar-refractivity contribution in [2.24, 2.45) is 0 Å². The van der Waals surface area contributed by atoms with Gasteiger partial charge in [0.25, 0.3) is 11.8 Å². The van der Waals surface area contributed by atoms with Crippen molar-refractivity contribution in [1.29, 1.82) is 0 Å². The Balaban J connectivity index is 0.000000659. The van der Waals surface area contributed by atoms with Gasteiger partial charge in [0.2, 0.25) is 0 Å². The average Bonchev–Trinajstić information content (AvgIpc) is 3.01. The monoisotopic (exact) mass is 363 g/mol. The van der Waals surface area contributed by atoms with Gasteiger partial charge in [-0.05, 0) is 24.3 Å². The van der Waals surface area contributed by atoms with Crippen molar-refractivity contribution >= 4 is 28.9 Å². The molecule has 0 aromatic heterocycles. The van der Waals surface area contributed by atoms with E-state index in [2.05, 4.69) is 13.8 Å². The number of anilines is 3. The van der Waals surface area contributed by atoms with E-state index in [9.17, 15) is 9.59 Å². The van der Waals surface area contributed by atoms with Gasteiger partial charge in [-0.15, -0.1) is 0 Å². The summed E-state index contributed by atoms with van der Waals surface area (Å²) in [6.45, 7) is 4.54. The van der Waals surface area contributed by atoms with Gasteiger partial charge < -0.3 is 14.7 Å². The first-order chi connectivity index (χ1) is 13.0. The summed E-state index contributed by atoms with van der Waals surface area (Å²) in [6, 6.07) is 17.1. The predicted molar refractivity (Wildman–Crippen MR) is 110 cm³/mol. The van der Waals surface area contributed by atoms with Crippen LogP contribution in [-0.4, -0.2) is 32.5 Å². The Labute approximate surface area is 160 Å². The second-order valence-electron chi connectivity index (χ2n) is 6.67. The van der Waals surface area contributed by atoms with Crippen LogP contribution in [0.25, 0.3) is 0 Å². The van der Waals surface area contributed by atoms with Crippen LogP contribution in [0.15, 0.2) is 65.9 Å². The van der Waals surface area contributed by atoms with Crippen LogP contribution in [0.5, 0.6) is 0 Å². The van der Waals surface area contributed by atoms with Gasteiger partial charge in [-0.1, -0.05) is 50.6 Å². The third-order valence-electron chi connectivity index (χ3n) is 4.62. The van der Waals surface area contributed by atoms with Gasteiger partial charge in [-0.3, -0.25) is 9.59 Å². The molecule has 2 aromatic carbocycles. The summed E-state index contributed by atoms with van der Waals surface area (Å²) in [7, 11) is 3.59. The third-order valence-corrected chi connectivity index (χ3v) is 4.62. The minimum Gasteiger partial charge on any atom is -0.338 e. The summed E-state index contributed by atoms with van der Waals surface area (Å²) < 4.78 is 0. The molecule has 0 N–H and O–H groups in total. The smallest absolute Gasteiger partial charge is 0.275 e. The number of carbonyl (C=O) groups excluding carboxylic acids is 2. The van der Waals surface area contributed by atoms with Gasteiger partial charge in [-0.2, -0.15) is 0 Å². The number of fused-ring (bicyclic) bond motifs is 1. The van der Waals surface area contributed by atoms with Crippen molar-refractivity contribution in [2.75, 3.05) is 35.3 Å². The lowest BCUT2D eigenvalue weighted by Crippen LogP contribution is -2.33. The molecule has 0 saturated carbocycles. The number of benzene rings is 2. The highest BCUT2D eigenvalue weighted by atomic mass is 16.2. The van der Waals surface area contributed by atoms with E-state index in [-0.39, 0.29) is 11.8 Å². The molecule has 4 rings (SSSR count). The Morgan fingerprint density at radius 3 is 1.89 bits per heavy atom. The number of likely N-dealkylation sites (N-methyl/N-ethyl adjacent to an activating group) is 2. The zero-order valence-electron chi connectivity index (χ0n) is 16.3. The van der Waals surface area contributed by atoms with Crippen molar-refractivity contribution < 1.29 is 9.59 Å². The van der Waals surface area contributed by atoms with Gasteiger partial charge >= 0.3 is 0 Å². The number of amides is 2. The lowest BCUT2D eigenvalue weighted by Gasteiger charge is -2.25. The summed E-state index contributed by atoms with van der Waals surface area (Å²) in [6.07, 6.45) is 1.25. The molecule has 140 valence electrons. The third kappa shape index (κ3) is 3.21. The van der Waals surface area contributed by atoms with E-state index in [1.807, 2.05) is 66.5 Å². The maximum absolute atomic E-state index is 13.0. The topological polar surface area (TPSA) is 43.9 Å². The van der Waals surface area contributed by atoms with Gasteiger partial charge in [-0.25, -0.2) is 0 Å². The number of nitrogens with zero attached hydrogens (tertiary/aromatic N) is 3. The Hall–Kier alpha value is -3.08. The molecule has 0 aliphatic carbocycles. The van der Waals surface area contributed by atoms with Crippen LogP contribution >= 0.6 is 0 Å². The molecule has 0 spiro atoms. The normalized spacial score (nSPS) is 15.9. The Morgan fingerprint density at radius 1 is 0.778 bits per heavy atom. The molecule has 2 aromatic rings. The first-order valence-electron chi connectivity index (χ1n) is 9.22. The molecule has 5 nitrogen and oxygen atoms in total. The number of hydrogen-bond acceptors (Lipinski definition) is 3. The van der Waals surface area contributed by atoms with Crippen LogP contribution in [0.3, 0.4) is 0 Å². The first-order valence-corrected chi connectivity index (χ1v) is 9.22. The molecule has 0 bridgehead atoms. The SMILES string of the molecule is CCC.CN1C(=O)C2=C(C(=O)N(c3ccccc3)C2)N(C)c2ccccc21. The van der Waals surface area contributed by atoms with E-state index in [1.54, 1.807) is 16.8 Å². The highest BCUT2D eigenvalue weighted by molar-refractivity contribution is 6.22. The summed E-state index contributed by atoms with van der Waals surface area (Å²) in [5.74, 6) is -0.272. The van der Waals surface area contributed by atoms with Crippen molar-refractivity contribution in [3.05, 3.63) is 65.9 Å². The minimum absolute atomic E-state index is 0.131. The van der Waals surface area contributed by atoms with Gasteiger partial charge in [0.05, 0.1) is 23.5 Å². The molecule has 2 amide bonds. The van der Waals surface area contributed by atoms with Gasteiger partial charge in [0, 0.05) is 19.8 Å². The molecule has 0 atom stereocenters. The molecule has 2 aliphatic heterocycles. The van der Waals surface area contributed by atoms with Crippen LogP contribution in [0.2, 0.25) is 0 Å². The predicted octanol–water partition coefficient (Wildman–Crippen LogP) is 3.82. The average molecular weight is 363 g/mol. The standard InChI is InChI=1S/C19H17N3O2.C3H8/c1-20-15-10-6-7-11-16(15)21(2)18(23)14-12-22(19(24)17(14)20)13-8-4-3-5-9-13;1-3-2/h3-11H,12H2,1-2H3;3H2,1-2H3. The van der Waals surface area contributed by atoms with Crippen molar-refractivity contribution in [1.82, 2.24) is 0 Å². The van der Waals surface area contributed by atoms with E-state index in [4.69, 9.17) is 0 Å². The Kier molecular flexibility index (Phi) is 5.31. The lowest BCUT2D eigenvalue weighted by atomic mass is 10.2. The molecule has 2 aliphatic rings. The number of rotatable bonds is 1. The molecule has 0 saturated heterocycles. The van der Waals surface area contributed by atoms with Crippen LogP contribution in [0.1, 0.15) is 20.3 Å². The summed E-state index contributed by atoms with van der Waals surface area (Å²) >= 11 is 0. The molecule has 0 fully saturated rings. The summed E-state index contributed by atoms with van der Waals surface area (Å²) in [4.78, 5) is 31.0. The number of hydrogen-bond donors (Lipinski definition) is 0. The van der Waals surface area contributed by atoms with Crippen LogP contribution in [-0.2, 0) is 9.59 Å². The van der Waals surface area contributed by atoms with Gasteiger partial charge in [0.15, 0.2) is 0 Å². The van der Waals surface area contributed by atoms with Crippen molar-refractivity contribution in [3.63, 3.8) is 0 Å². The first kappa shape index (κ1) is 18.7. The number of carbonyl (C=O) groups is 2. The molecule has 0 unspecified atom stereocenters. The summed E-state index contributed by atoms with van der Waals surface area (Å²) in [5.41, 5.74) is 3.44. The lowest BCUT2D eigenvalue weighted by molar-refractivity contribution is -0.116. The Morgan fingerprint density at radius 2 is 1.30 bits per heavy atom. The quantitative estimate of drug-likeness (QED) is 0.774. The second-order valence-corrected chi connectivity index (χ2v) is 6.67. The fourth-order valence-corrected chi connectivity index (χ4v) is 3.36. The zero-order chi connectivity index (χ0) is 19.6. The van der Waals surface area contributed by atoms with E-state index in [1.165, 1.54) is 6.42 Å². The second kappa shape index (κ2) is 7.66. The van der Waals surface area contributed by atoms with Crippen molar-refractivity contribution in [3.8, 4) is 0 Å². The van der Waals surface area contributed by atoms with Crippen LogP contribution in [0.4, 0.5) is 17.1 Å². The molecule has 0 radical (unpaired) electrons. The molecule has 27 heavy (non-hydrogen) atoms. The summed E-state index contributed by atoms with van der Waals surface area (Å²) in [5, 5.41) is 0. The van der Waals surface area contributed by atoms with E-state index < -0.39 is 0 Å². The van der Waals surface area contributed by atoms with E-state index >= 15 is 0 Å². The molecular weight excluding hydrogens is 338 g/mol. The fourth-order valence-electron chi connectivity index (χ4n) is 3.36. The fraction of sp³-hybridized carbons (Fsp3) is 0.273. The zero-order valence-corrected chi connectivity index (χ0v) is 16.3. The van der Waals surface area contributed by atoms with E-state index in [0.717, 1.165) is 17.1 Å². The van der Waals surface area contributed by atoms with Crippen LogP contribution in [0, 0.1) is 0 Å². The maximum Gasteiger partial charge on any atom is 0.275 e. The highest BCUT2D eigenvalue weighted by Gasteiger charge is 2.41. The highest BCUT2D eigenvalue weighted by Crippen LogP contribution is 2.38. The largest absolute Gasteiger partial charge is 0.338 e.